The van der Waals surface area contributed by atoms with Crippen molar-refractivity contribution in [2.75, 3.05) is 4.90 Å². The van der Waals surface area contributed by atoms with Crippen LogP contribution in [0.4, 0.5) is 17.1 Å². The maximum absolute atomic E-state index is 2.45. The van der Waals surface area contributed by atoms with Gasteiger partial charge in [0.05, 0.1) is 5.69 Å². The molecule has 0 aliphatic heterocycles. The largest absolute Gasteiger partial charge is 0.309 e. The average molecular weight is 344 g/mol. The van der Waals surface area contributed by atoms with Gasteiger partial charge in [-0.15, -0.1) is 0 Å². The molecular weight excluding hydrogens is 314 g/mol. The standard InChI is InChI=1S/C25H29N/c1-16-8-10-19(4)23(14-16)26(24-15-17(2)9-11-20(24)5)25-21(6)12-18(3)13-22(25)7/h8-15H,1-7H3. The molecule has 0 unspecified atom stereocenters. The van der Waals surface area contributed by atoms with E-state index in [-0.39, 0.29) is 0 Å². The van der Waals surface area contributed by atoms with Crippen LogP contribution in [0.5, 0.6) is 0 Å². The number of hydrogen-bond acceptors (Lipinski definition) is 1. The monoisotopic (exact) mass is 343 g/mol. The second-order valence-electron chi connectivity index (χ2n) is 7.66. The van der Waals surface area contributed by atoms with E-state index in [4.69, 9.17) is 0 Å². The number of benzene rings is 3. The number of aryl methyl sites for hydroxylation is 7. The molecule has 0 aliphatic rings. The molecule has 134 valence electrons. The van der Waals surface area contributed by atoms with Crippen molar-refractivity contribution in [3.8, 4) is 0 Å². The van der Waals surface area contributed by atoms with Crippen molar-refractivity contribution in [2.45, 2.75) is 48.5 Å². The van der Waals surface area contributed by atoms with E-state index in [0.717, 1.165) is 0 Å². The van der Waals surface area contributed by atoms with E-state index in [2.05, 4.69) is 102 Å². The zero-order valence-electron chi connectivity index (χ0n) is 17.1. The van der Waals surface area contributed by atoms with Crippen LogP contribution in [0.15, 0.2) is 48.5 Å². The Hall–Kier alpha value is -2.54. The second-order valence-corrected chi connectivity index (χ2v) is 7.66. The lowest BCUT2D eigenvalue weighted by Crippen LogP contribution is -2.16. The van der Waals surface area contributed by atoms with Gasteiger partial charge >= 0.3 is 0 Å². The molecule has 0 spiro atoms. The van der Waals surface area contributed by atoms with Gasteiger partial charge in [0, 0.05) is 11.4 Å². The van der Waals surface area contributed by atoms with Gasteiger partial charge in [-0.3, -0.25) is 0 Å². The Kier molecular flexibility index (Phi) is 4.91. The summed E-state index contributed by atoms with van der Waals surface area (Å²) in [6.45, 7) is 15.3. The molecule has 0 amide bonds. The molecule has 3 rings (SSSR count). The summed E-state index contributed by atoms with van der Waals surface area (Å²) >= 11 is 0. The van der Waals surface area contributed by atoms with Crippen molar-refractivity contribution in [1.29, 1.82) is 0 Å². The number of hydrogen-bond donors (Lipinski definition) is 0. The Morgan fingerprint density at radius 3 is 1.31 bits per heavy atom. The molecule has 1 heteroatoms. The molecule has 3 aromatic carbocycles. The van der Waals surface area contributed by atoms with Gasteiger partial charge in [0.25, 0.3) is 0 Å². The van der Waals surface area contributed by atoms with Crippen molar-refractivity contribution < 1.29 is 0 Å². The fourth-order valence-corrected chi connectivity index (χ4v) is 3.82. The van der Waals surface area contributed by atoms with Crippen LogP contribution in [0, 0.1) is 48.5 Å². The van der Waals surface area contributed by atoms with Crippen molar-refractivity contribution in [3.05, 3.63) is 87.5 Å². The Bertz CT molecular complexity index is 891. The third kappa shape index (κ3) is 3.39. The van der Waals surface area contributed by atoms with Crippen LogP contribution in [-0.2, 0) is 0 Å². The van der Waals surface area contributed by atoms with E-state index in [9.17, 15) is 0 Å². The van der Waals surface area contributed by atoms with Crippen molar-refractivity contribution in [2.24, 2.45) is 0 Å². The maximum atomic E-state index is 2.45. The lowest BCUT2D eigenvalue weighted by atomic mass is 9.99. The predicted octanol–water partition coefficient (Wildman–Crippen LogP) is 7.32. The zero-order valence-corrected chi connectivity index (χ0v) is 17.1. The molecule has 0 bridgehead atoms. The SMILES string of the molecule is Cc1cc(C)c(N(c2cc(C)ccc2C)c2cc(C)ccc2C)c(C)c1. The molecular formula is C25H29N. The summed E-state index contributed by atoms with van der Waals surface area (Å²) < 4.78 is 0. The molecule has 3 aromatic rings. The first-order chi connectivity index (χ1) is 12.3. The Balaban J connectivity index is 2.38. The summed E-state index contributed by atoms with van der Waals surface area (Å²) in [5.41, 5.74) is 12.9. The first-order valence-electron chi connectivity index (χ1n) is 9.30. The normalized spacial score (nSPS) is 10.9. The van der Waals surface area contributed by atoms with Gasteiger partial charge in [0.2, 0.25) is 0 Å². The molecule has 0 saturated heterocycles. The minimum absolute atomic E-state index is 1.26. The number of anilines is 3. The van der Waals surface area contributed by atoms with Crippen molar-refractivity contribution in [3.63, 3.8) is 0 Å². The third-order valence-electron chi connectivity index (χ3n) is 5.07. The van der Waals surface area contributed by atoms with E-state index in [1.807, 2.05) is 0 Å². The van der Waals surface area contributed by atoms with Crippen LogP contribution in [0.25, 0.3) is 0 Å². The second kappa shape index (κ2) is 6.99. The Labute approximate surface area is 158 Å². The molecule has 0 radical (unpaired) electrons. The van der Waals surface area contributed by atoms with Crippen LogP contribution < -0.4 is 4.90 Å². The number of nitrogens with zero attached hydrogens (tertiary/aromatic N) is 1. The fraction of sp³-hybridized carbons (Fsp3) is 0.280. The highest BCUT2D eigenvalue weighted by molar-refractivity contribution is 5.83. The molecule has 0 aliphatic carbocycles. The van der Waals surface area contributed by atoms with Gasteiger partial charge < -0.3 is 4.90 Å². The van der Waals surface area contributed by atoms with E-state index in [0.29, 0.717) is 0 Å². The Morgan fingerprint density at radius 2 is 0.885 bits per heavy atom. The summed E-state index contributed by atoms with van der Waals surface area (Å²) in [7, 11) is 0. The minimum atomic E-state index is 1.26. The van der Waals surface area contributed by atoms with Gasteiger partial charge in [0.1, 0.15) is 0 Å². The fourth-order valence-electron chi connectivity index (χ4n) is 3.82. The van der Waals surface area contributed by atoms with Gasteiger partial charge in [-0.25, -0.2) is 0 Å². The summed E-state index contributed by atoms with van der Waals surface area (Å²) in [5.74, 6) is 0. The Morgan fingerprint density at radius 1 is 0.462 bits per heavy atom. The molecule has 1 nitrogen and oxygen atoms in total. The minimum Gasteiger partial charge on any atom is -0.309 e. The smallest absolute Gasteiger partial charge is 0.0520 e. The van der Waals surface area contributed by atoms with E-state index in [1.165, 1.54) is 56.0 Å². The van der Waals surface area contributed by atoms with Crippen LogP contribution in [0.2, 0.25) is 0 Å². The molecule has 0 atom stereocenters. The van der Waals surface area contributed by atoms with Gasteiger partial charge in [-0.1, -0.05) is 42.0 Å². The van der Waals surface area contributed by atoms with E-state index in [1.54, 1.807) is 0 Å². The van der Waals surface area contributed by atoms with Crippen molar-refractivity contribution >= 4 is 17.1 Å². The predicted molar refractivity (Wildman–Crippen MR) is 114 cm³/mol. The summed E-state index contributed by atoms with van der Waals surface area (Å²) in [4.78, 5) is 2.45. The van der Waals surface area contributed by atoms with Gasteiger partial charge in [-0.05, 0) is 94.0 Å². The zero-order chi connectivity index (χ0) is 19.0. The average Bonchev–Trinajstić information content (AvgIpc) is 2.56. The van der Waals surface area contributed by atoms with E-state index < -0.39 is 0 Å². The highest BCUT2D eigenvalue weighted by Gasteiger charge is 2.20. The quantitative estimate of drug-likeness (QED) is 0.481. The number of rotatable bonds is 3. The topological polar surface area (TPSA) is 3.24 Å². The molecule has 0 aromatic heterocycles. The first-order valence-corrected chi connectivity index (χ1v) is 9.30. The maximum Gasteiger partial charge on any atom is 0.0520 e. The molecule has 0 heterocycles. The third-order valence-corrected chi connectivity index (χ3v) is 5.07. The lowest BCUT2D eigenvalue weighted by molar-refractivity contribution is 1.16. The molecule has 0 saturated carbocycles. The van der Waals surface area contributed by atoms with Crippen LogP contribution in [0.3, 0.4) is 0 Å². The molecule has 0 fully saturated rings. The van der Waals surface area contributed by atoms with Crippen molar-refractivity contribution in [1.82, 2.24) is 0 Å². The van der Waals surface area contributed by atoms with Gasteiger partial charge in [0.15, 0.2) is 0 Å². The highest BCUT2D eigenvalue weighted by Crippen LogP contribution is 2.42. The van der Waals surface area contributed by atoms with Crippen LogP contribution >= 0.6 is 0 Å². The molecule has 26 heavy (non-hydrogen) atoms. The highest BCUT2D eigenvalue weighted by atomic mass is 15.2. The van der Waals surface area contributed by atoms with Crippen LogP contribution in [0.1, 0.15) is 38.9 Å². The van der Waals surface area contributed by atoms with Crippen LogP contribution in [-0.4, -0.2) is 0 Å². The summed E-state index contributed by atoms with van der Waals surface area (Å²) in [6, 6.07) is 18.0. The molecule has 0 N–H and O–H groups in total. The van der Waals surface area contributed by atoms with E-state index >= 15 is 0 Å². The van der Waals surface area contributed by atoms with Gasteiger partial charge in [-0.2, -0.15) is 0 Å². The summed E-state index contributed by atoms with van der Waals surface area (Å²) in [6.07, 6.45) is 0. The summed E-state index contributed by atoms with van der Waals surface area (Å²) in [5, 5.41) is 0. The lowest BCUT2D eigenvalue weighted by Gasteiger charge is -2.32. The first kappa shape index (κ1) is 18.3.